The molecule has 0 amide bonds. The minimum absolute atomic E-state index is 0.0777. The first-order chi connectivity index (χ1) is 7.81. The van der Waals surface area contributed by atoms with E-state index in [1.165, 1.54) is 0 Å². The average Bonchev–Trinajstić information content (AvgIpc) is 2.39. The standard InChI is InChI=1S/C13H9N2O/c14-15-12-8-4-7-11(9-12)13(16)10-5-2-1-3-6-10/h1-9H/q+1. The van der Waals surface area contributed by atoms with Crippen molar-refractivity contribution in [3.63, 3.8) is 0 Å². The molecule has 0 heterocycles. The summed E-state index contributed by atoms with van der Waals surface area (Å²) in [4.78, 5) is 15.0. The fourth-order valence-corrected chi connectivity index (χ4v) is 1.47. The quantitative estimate of drug-likeness (QED) is 0.562. The molecule has 0 saturated carbocycles. The van der Waals surface area contributed by atoms with E-state index < -0.39 is 0 Å². The van der Waals surface area contributed by atoms with E-state index in [-0.39, 0.29) is 5.78 Å². The smallest absolute Gasteiger partial charge is 0.289 e. The van der Waals surface area contributed by atoms with E-state index >= 15 is 0 Å². The highest BCUT2D eigenvalue weighted by Gasteiger charge is 2.12. The van der Waals surface area contributed by atoms with Gasteiger partial charge < -0.3 is 0 Å². The lowest BCUT2D eigenvalue weighted by molar-refractivity contribution is 0.103. The number of carbonyl (C=O) groups excluding carboxylic acids is 1. The summed E-state index contributed by atoms with van der Waals surface area (Å²) in [6.45, 7) is 0. The molecule has 0 unspecified atom stereocenters. The van der Waals surface area contributed by atoms with Gasteiger partial charge in [0, 0.05) is 23.3 Å². The highest BCUT2D eigenvalue weighted by Crippen LogP contribution is 2.16. The van der Waals surface area contributed by atoms with Crippen molar-refractivity contribution >= 4 is 11.5 Å². The second-order valence-corrected chi connectivity index (χ2v) is 3.35. The van der Waals surface area contributed by atoms with Crippen LogP contribution in [0.25, 0.3) is 4.98 Å². The lowest BCUT2D eigenvalue weighted by Crippen LogP contribution is -1.99. The molecule has 2 aromatic rings. The van der Waals surface area contributed by atoms with E-state index in [1.807, 2.05) is 18.2 Å². The summed E-state index contributed by atoms with van der Waals surface area (Å²) in [6, 6.07) is 15.6. The fourth-order valence-electron chi connectivity index (χ4n) is 1.47. The number of diazo groups is 1. The molecule has 0 spiro atoms. The van der Waals surface area contributed by atoms with E-state index in [1.54, 1.807) is 36.4 Å². The van der Waals surface area contributed by atoms with Crippen LogP contribution in [0, 0.1) is 5.39 Å². The van der Waals surface area contributed by atoms with Crippen molar-refractivity contribution in [2.24, 2.45) is 0 Å². The van der Waals surface area contributed by atoms with E-state index in [0.717, 1.165) is 0 Å². The predicted molar refractivity (Wildman–Crippen MR) is 61.1 cm³/mol. The summed E-state index contributed by atoms with van der Waals surface area (Å²) in [7, 11) is 0. The van der Waals surface area contributed by atoms with Crippen LogP contribution in [0.4, 0.5) is 5.69 Å². The first-order valence-electron chi connectivity index (χ1n) is 4.86. The third kappa shape index (κ3) is 1.96. The topological polar surface area (TPSA) is 45.2 Å². The lowest BCUT2D eigenvalue weighted by atomic mass is 10.0. The van der Waals surface area contributed by atoms with Crippen LogP contribution in [0.5, 0.6) is 0 Å². The van der Waals surface area contributed by atoms with E-state index in [4.69, 9.17) is 5.39 Å². The Bertz CT molecular complexity index is 556. The summed E-state index contributed by atoms with van der Waals surface area (Å²) >= 11 is 0. The Hall–Kier alpha value is -2.47. The van der Waals surface area contributed by atoms with Crippen LogP contribution in [0.3, 0.4) is 0 Å². The van der Waals surface area contributed by atoms with Crippen molar-refractivity contribution < 1.29 is 4.79 Å². The predicted octanol–water partition coefficient (Wildman–Crippen LogP) is 3.40. The maximum atomic E-state index is 12.0. The largest absolute Gasteiger partial charge is 0.385 e. The molecule has 3 heteroatoms. The van der Waals surface area contributed by atoms with Crippen molar-refractivity contribution in [2.75, 3.05) is 0 Å². The normalized spacial score (nSPS) is 9.44. The summed E-state index contributed by atoms with van der Waals surface area (Å²) in [5.41, 5.74) is 1.51. The molecule has 0 saturated heterocycles. The highest BCUT2D eigenvalue weighted by molar-refractivity contribution is 6.09. The average molecular weight is 209 g/mol. The molecule has 0 aliphatic rings. The molecule has 0 aliphatic carbocycles. The van der Waals surface area contributed by atoms with Crippen LogP contribution in [-0.4, -0.2) is 5.78 Å². The number of carbonyl (C=O) groups is 1. The zero-order valence-corrected chi connectivity index (χ0v) is 8.50. The Balaban J connectivity index is 2.39. The van der Waals surface area contributed by atoms with Crippen LogP contribution in [-0.2, 0) is 0 Å². The number of hydrogen-bond acceptors (Lipinski definition) is 2. The second kappa shape index (κ2) is 4.37. The van der Waals surface area contributed by atoms with Gasteiger partial charge in [-0.25, -0.2) is 0 Å². The molecule has 0 aromatic heterocycles. The Labute approximate surface area is 93.0 Å². The Morgan fingerprint density at radius 1 is 0.938 bits per heavy atom. The molecule has 76 valence electrons. The molecule has 0 radical (unpaired) electrons. The summed E-state index contributed by atoms with van der Waals surface area (Å²) in [6.07, 6.45) is 0. The molecule has 16 heavy (non-hydrogen) atoms. The minimum atomic E-state index is -0.0777. The van der Waals surface area contributed by atoms with Gasteiger partial charge in [-0.15, -0.1) is 0 Å². The Morgan fingerprint density at radius 2 is 1.62 bits per heavy atom. The van der Waals surface area contributed by atoms with E-state index in [0.29, 0.717) is 16.8 Å². The third-order valence-electron chi connectivity index (χ3n) is 2.26. The van der Waals surface area contributed by atoms with Gasteiger partial charge in [0.05, 0.1) is 0 Å². The van der Waals surface area contributed by atoms with E-state index in [9.17, 15) is 4.79 Å². The number of benzene rings is 2. The fraction of sp³-hybridized carbons (Fsp3) is 0. The molecule has 0 bridgehead atoms. The third-order valence-corrected chi connectivity index (χ3v) is 2.26. The lowest BCUT2D eigenvalue weighted by Gasteiger charge is -1.98. The number of ketones is 1. The molecule has 0 aliphatic heterocycles. The zero-order valence-electron chi connectivity index (χ0n) is 8.50. The number of nitrogens with zero attached hydrogens (tertiary/aromatic N) is 2. The van der Waals surface area contributed by atoms with E-state index in [2.05, 4.69) is 4.98 Å². The SMILES string of the molecule is N#[N+]c1cccc(C(=O)c2ccccc2)c1. The van der Waals surface area contributed by atoms with Crippen molar-refractivity contribution in [2.45, 2.75) is 0 Å². The van der Waals surface area contributed by atoms with Crippen molar-refractivity contribution in [3.8, 4) is 0 Å². The summed E-state index contributed by atoms with van der Waals surface area (Å²) in [5, 5.41) is 8.63. The van der Waals surface area contributed by atoms with Crippen LogP contribution in [0.2, 0.25) is 0 Å². The zero-order chi connectivity index (χ0) is 11.4. The van der Waals surface area contributed by atoms with Gasteiger partial charge in [-0.3, -0.25) is 4.79 Å². The monoisotopic (exact) mass is 209 g/mol. The van der Waals surface area contributed by atoms with Crippen LogP contribution in [0.15, 0.2) is 54.6 Å². The summed E-state index contributed by atoms with van der Waals surface area (Å²) < 4.78 is 0. The molecule has 2 rings (SSSR count). The second-order valence-electron chi connectivity index (χ2n) is 3.35. The molecule has 0 atom stereocenters. The Morgan fingerprint density at radius 3 is 2.31 bits per heavy atom. The van der Waals surface area contributed by atoms with Crippen LogP contribution in [0.1, 0.15) is 15.9 Å². The van der Waals surface area contributed by atoms with Gasteiger partial charge in [-0.2, -0.15) is 0 Å². The van der Waals surface area contributed by atoms with Crippen molar-refractivity contribution in [1.29, 1.82) is 5.39 Å². The highest BCUT2D eigenvalue weighted by atomic mass is 16.1. The van der Waals surface area contributed by atoms with Crippen molar-refractivity contribution in [1.82, 2.24) is 0 Å². The molecular weight excluding hydrogens is 200 g/mol. The molecule has 0 N–H and O–H groups in total. The molecule has 3 nitrogen and oxygen atoms in total. The van der Waals surface area contributed by atoms with Crippen LogP contribution >= 0.6 is 0 Å². The van der Waals surface area contributed by atoms with Gasteiger partial charge in [0.25, 0.3) is 0 Å². The van der Waals surface area contributed by atoms with Gasteiger partial charge in [0.15, 0.2) is 10.8 Å². The number of rotatable bonds is 2. The Kier molecular flexibility index (Phi) is 2.75. The van der Waals surface area contributed by atoms with Gasteiger partial charge in [0.2, 0.25) is 5.39 Å². The minimum Gasteiger partial charge on any atom is -0.289 e. The van der Waals surface area contributed by atoms with Gasteiger partial charge in [0.1, 0.15) is 0 Å². The summed E-state index contributed by atoms with van der Waals surface area (Å²) in [5.74, 6) is -0.0777. The van der Waals surface area contributed by atoms with Gasteiger partial charge in [-0.1, -0.05) is 42.5 Å². The van der Waals surface area contributed by atoms with Crippen LogP contribution < -0.4 is 0 Å². The molecule has 2 aromatic carbocycles. The maximum Gasteiger partial charge on any atom is 0.385 e. The molecule has 0 fully saturated rings. The molecular formula is C13H9N2O+. The first-order valence-corrected chi connectivity index (χ1v) is 4.86. The first kappa shape index (κ1) is 10.1. The number of hydrogen-bond donors (Lipinski definition) is 0. The van der Waals surface area contributed by atoms with Crippen molar-refractivity contribution in [3.05, 3.63) is 70.7 Å². The van der Waals surface area contributed by atoms with Gasteiger partial charge in [-0.05, 0) is 0 Å². The van der Waals surface area contributed by atoms with Gasteiger partial charge >= 0.3 is 5.69 Å². The maximum absolute atomic E-state index is 12.0.